The molecule has 76 valence electrons. The normalized spacial score (nSPS) is 10.5. The summed E-state index contributed by atoms with van der Waals surface area (Å²) in [4.78, 5) is 14.6. The van der Waals surface area contributed by atoms with E-state index in [2.05, 4.69) is 4.98 Å². The number of para-hydroxylation sites is 1. The third-order valence-corrected chi connectivity index (χ3v) is 2.46. The second kappa shape index (κ2) is 3.31. The van der Waals surface area contributed by atoms with Gasteiger partial charge in [-0.25, -0.2) is 4.98 Å². The molecule has 0 N–H and O–H groups in total. The second-order valence-electron chi connectivity index (χ2n) is 3.50. The van der Waals surface area contributed by atoms with Crippen molar-refractivity contribution in [3.8, 4) is 0 Å². The van der Waals surface area contributed by atoms with Crippen LogP contribution in [0.15, 0.2) is 24.3 Å². The molecule has 0 amide bonds. The van der Waals surface area contributed by atoms with Crippen molar-refractivity contribution in [1.82, 2.24) is 4.98 Å². The summed E-state index contributed by atoms with van der Waals surface area (Å²) in [6, 6.07) is 6.91. The van der Waals surface area contributed by atoms with E-state index in [9.17, 15) is 10.1 Å². The number of benzene rings is 1. The third-order valence-electron chi connectivity index (χ3n) is 2.46. The summed E-state index contributed by atoms with van der Waals surface area (Å²) in [5.74, 6) is 0. The molecule has 0 unspecified atom stereocenters. The van der Waals surface area contributed by atoms with E-state index in [1.165, 1.54) is 6.07 Å². The minimum Gasteiger partial charge on any atom is -0.258 e. The van der Waals surface area contributed by atoms with Crippen molar-refractivity contribution in [2.24, 2.45) is 0 Å². The van der Waals surface area contributed by atoms with Gasteiger partial charge in [0, 0.05) is 17.1 Å². The van der Waals surface area contributed by atoms with Gasteiger partial charge >= 0.3 is 0 Å². The molecule has 0 saturated carbocycles. The molecule has 1 aromatic carbocycles. The molecule has 1 heterocycles. The summed E-state index contributed by atoms with van der Waals surface area (Å²) < 4.78 is 0. The van der Waals surface area contributed by atoms with Gasteiger partial charge in [-0.05, 0) is 25.5 Å². The monoisotopic (exact) mass is 202 g/mol. The van der Waals surface area contributed by atoms with Gasteiger partial charge in [0.25, 0.3) is 5.69 Å². The topological polar surface area (TPSA) is 56.0 Å². The van der Waals surface area contributed by atoms with Crippen LogP contribution in [0.5, 0.6) is 0 Å². The Bertz CT molecular complexity index is 550. The summed E-state index contributed by atoms with van der Waals surface area (Å²) in [6.07, 6.45) is 0. The first-order valence-electron chi connectivity index (χ1n) is 4.61. The number of nitro groups is 1. The molecule has 2 rings (SSSR count). The van der Waals surface area contributed by atoms with Gasteiger partial charge in [-0.3, -0.25) is 10.1 Å². The molecule has 15 heavy (non-hydrogen) atoms. The molecule has 2 aromatic rings. The van der Waals surface area contributed by atoms with E-state index in [-0.39, 0.29) is 5.69 Å². The first-order valence-corrected chi connectivity index (χ1v) is 4.61. The van der Waals surface area contributed by atoms with Crippen molar-refractivity contribution >= 4 is 16.6 Å². The standard InChI is InChI=1S/C11H10N2O2/c1-7-6-9-4-3-5-10(13(14)15)11(9)12-8(7)2/h3-6H,1-2H3. The lowest BCUT2D eigenvalue weighted by molar-refractivity contribution is -0.383. The highest BCUT2D eigenvalue weighted by Gasteiger charge is 2.12. The number of non-ortho nitro benzene ring substituents is 1. The average molecular weight is 202 g/mol. The van der Waals surface area contributed by atoms with Crippen LogP contribution >= 0.6 is 0 Å². The van der Waals surface area contributed by atoms with Crippen molar-refractivity contribution in [2.45, 2.75) is 13.8 Å². The highest BCUT2D eigenvalue weighted by molar-refractivity contribution is 5.87. The van der Waals surface area contributed by atoms with Gasteiger partial charge in [0.1, 0.15) is 5.52 Å². The Morgan fingerprint density at radius 1 is 1.33 bits per heavy atom. The number of rotatable bonds is 1. The molecule has 4 heteroatoms. The lowest BCUT2D eigenvalue weighted by atomic mass is 10.1. The number of aromatic nitrogens is 1. The van der Waals surface area contributed by atoms with E-state index in [1.54, 1.807) is 6.07 Å². The predicted octanol–water partition coefficient (Wildman–Crippen LogP) is 2.76. The highest BCUT2D eigenvalue weighted by atomic mass is 16.6. The van der Waals surface area contributed by atoms with Gasteiger partial charge in [0.15, 0.2) is 0 Å². The molecule has 0 saturated heterocycles. The van der Waals surface area contributed by atoms with E-state index in [1.807, 2.05) is 26.0 Å². The summed E-state index contributed by atoms with van der Waals surface area (Å²) in [7, 11) is 0. The van der Waals surface area contributed by atoms with E-state index in [0.717, 1.165) is 16.6 Å². The first kappa shape index (κ1) is 9.58. The SMILES string of the molecule is Cc1cc2cccc([N+](=O)[O-])c2nc1C. The zero-order valence-corrected chi connectivity index (χ0v) is 8.52. The Labute approximate surface area is 86.7 Å². The number of pyridine rings is 1. The Balaban J connectivity index is 2.86. The number of aryl methyl sites for hydroxylation is 2. The third kappa shape index (κ3) is 1.54. The highest BCUT2D eigenvalue weighted by Crippen LogP contribution is 2.24. The molecule has 0 aliphatic rings. The van der Waals surface area contributed by atoms with Crippen LogP contribution in [-0.2, 0) is 0 Å². The Kier molecular flexibility index (Phi) is 2.11. The number of nitro benzene ring substituents is 1. The van der Waals surface area contributed by atoms with Gasteiger partial charge in [-0.15, -0.1) is 0 Å². The molecular weight excluding hydrogens is 192 g/mol. The maximum Gasteiger partial charge on any atom is 0.295 e. The van der Waals surface area contributed by atoms with Crippen LogP contribution in [0.1, 0.15) is 11.3 Å². The minimum absolute atomic E-state index is 0.0654. The first-order chi connectivity index (χ1) is 7.09. The van der Waals surface area contributed by atoms with Gasteiger partial charge in [0.05, 0.1) is 4.92 Å². The lowest BCUT2D eigenvalue weighted by Gasteiger charge is -2.02. The smallest absolute Gasteiger partial charge is 0.258 e. The molecule has 0 fully saturated rings. The maximum absolute atomic E-state index is 10.8. The van der Waals surface area contributed by atoms with Crippen LogP contribution in [0.2, 0.25) is 0 Å². The molecule has 1 aromatic heterocycles. The summed E-state index contributed by atoms with van der Waals surface area (Å²) >= 11 is 0. The summed E-state index contributed by atoms with van der Waals surface area (Å²) in [6.45, 7) is 3.80. The van der Waals surface area contributed by atoms with E-state index >= 15 is 0 Å². The molecule has 4 nitrogen and oxygen atoms in total. The fraction of sp³-hybridized carbons (Fsp3) is 0.182. The van der Waals surface area contributed by atoms with Crippen LogP contribution in [0.4, 0.5) is 5.69 Å². The van der Waals surface area contributed by atoms with Gasteiger partial charge in [-0.2, -0.15) is 0 Å². The molecule has 0 bridgehead atoms. The fourth-order valence-corrected chi connectivity index (χ4v) is 1.53. The van der Waals surface area contributed by atoms with Crippen molar-refractivity contribution in [2.75, 3.05) is 0 Å². The summed E-state index contributed by atoms with van der Waals surface area (Å²) in [5, 5.41) is 11.6. The second-order valence-corrected chi connectivity index (χ2v) is 3.50. The Morgan fingerprint density at radius 2 is 2.07 bits per heavy atom. The van der Waals surface area contributed by atoms with Gasteiger partial charge in [0.2, 0.25) is 0 Å². The molecule has 0 aliphatic carbocycles. The molecule has 0 atom stereocenters. The van der Waals surface area contributed by atoms with Crippen LogP contribution in [-0.4, -0.2) is 9.91 Å². The minimum atomic E-state index is -0.399. The van der Waals surface area contributed by atoms with Gasteiger partial charge in [-0.1, -0.05) is 12.1 Å². The number of hydrogen-bond donors (Lipinski definition) is 0. The molecular formula is C11H10N2O2. The van der Waals surface area contributed by atoms with Crippen LogP contribution in [0.3, 0.4) is 0 Å². The lowest BCUT2D eigenvalue weighted by Crippen LogP contribution is -1.94. The van der Waals surface area contributed by atoms with E-state index in [4.69, 9.17) is 0 Å². The Morgan fingerprint density at radius 3 is 2.73 bits per heavy atom. The van der Waals surface area contributed by atoms with Gasteiger partial charge < -0.3 is 0 Å². The van der Waals surface area contributed by atoms with E-state index in [0.29, 0.717) is 5.52 Å². The van der Waals surface area contributed by atoms with Crippen molar-refractivity contribution in [1.29, 1.82) is 0 Å². The van der Waals surface area contributed by atoms with E-state index < -0.39 is 4.92 Å². The number of hydrogen-bond acceptors (Lipinski definition) is 3. The number of nitrogens with zero attached hydrogens (tertiary/aromatic N) is 2. The number of fused-ring (bicyclic) bond motifs is 1. The Hall–Kier alpha value is -1.97. The van der Waals surface area contributed by atoms with Crippen molar-refractivity contribution < 1.29 is 4.92 Å². The fourth-order valence-electron chi connectivity index (χ4n) is 1.53. The average Bonchev–Trinajstić information content (AvgIpc) is 2.18. The zero-order chi connectivity index (χ0) is 11.0. The predicted molar refractivity (Wildman–Crippen MR) is 57.9 cm³/mol. The maximum atomic E-state index is 10.8. The summed E-state index contributed by atoms with van der Waals surface area (Å²) in [5.41, 5.74) is 2.40. The quantitative estimate of drug-likeness (QED) is 0.527. The molecule has 0 aliphatic heterocycles. The van der Waals surface area contributed by atoms with Crippen molar-refractivity contribution in [3.05, 3.63) is 45.6 Å². The van der Waals surface area contributed by atoms with Crippen LogP contribution in [0.25, 0.3) is 10.9 Å². The van der Waals surface area contributed by atoms with Crippen LogP contribution in [0, 0.1) is 24.0 Å². The molecule has 0 spiro atoms. The van der Waals surface area contributed by atoms with Crippen LogP contribution < -0.4 is 0 Å². The van der Waals surface area contributed by atoms with Crippen molar-refractivity contribution in [3.63, 3.8) is 0 Å². The zero-order valence-electron chi connectivity index (χ0n) is 8.52. The largest absolute Gasteiger partial charge is 0.295 e. The molecule has 0 radical (unpaired) electrons.